The van der Waals surface area contributed by atoms with E-state index in [2.05, 4.69) is 10.6 Å². The molecule has 1 fully saturated rings. The molecular weight excluding hydrogens is 339 g/mol. The number of hydrogen-bond donors (Lipinski definition) is 2. The average Bonchev–Trinajstić information content (AvgIpc) is 2.45. The number of rotatable bonds is 6. The molecule has 1 unspecified atom stereocenters. The number of halogens is 2. The van der Waals surface area contributed by atoms with Crippen LogP contribution in [0.1, 0.15) is 24.9 Å². The molecule has 2 N–H and O–H groups in total. The van der Waals surface area contributed by atoms with Crippen molar-refractivity contribution < 1.29 is 14.3 Å². The smallest absolute Gasteiger partial charge is 0.307 e. The molecule has 1 aliphatic rings. The fraction of sp³-hybridized carbons (Fsp3) is 0.500. The summed E-state index contributed by atoms with van der Waals surface area (Å²) >= 11 is 5.89. The van der Waals surface area contributed by atoms with Gasteiger partial charge in [0.2, 0.25) is 5.91 Å². The van der Waals surface area contributed by atoms with E-state index in [-0.39, 0.29) is 36.6 Å². The lowest BCUT2D eigenvalue weighted by atomic mass is 9.88. The molecule has 128 valence electrons. The minimum Gasteiger partial charge on any atom is -0.469 e. The van der Waals surface area contributed by atoms with Crippen molar-refractivity contribution in [2.45, 2.75) is 19.4 Å². The second-order valence-corrected chi connectivity index (χ2v) is 6.04. The van der Waals surface area contributed by atoms with E-state index >= 15 is 0 Å². The average molecular weight is 361 g/mol. The second-order valence-electron chi connectivity index (χ2n) is 5.60. The molecule has 5 nitrogen and oxygen atoms in total. The molecule has 0 bridgehead atoms. The number of nitrogens with one attached hydrogen (secondary N) is 2. The van der Waals surface area contributed by atoms with Gasteiger partial charge in [-0.25, -0.2) is 0 Å². The zero-order valence-electron chi connectivity index (χ0n) is 13.2. The van der Waals surface area contributed by atoms with Crippen LogP contribution in [0.15, 0.2) is 24.3 Å². The Morgan fingerprint density at radius 2 is 1.96 bits per heavy atom. The van der Waals surface area contributed by atoms with Gasteiger partial charge in [-0.05, 0) is 36.7 Å². The van der Waals surface area contributed by atoms with E-state index in [4.69, 9.17) is 16.3 Å². The summed E-state index contributed by atoms with van der Waals surface area (Å²) in [7, 11) is 1.34. The molecule has 0 saturated carbocycles. The summed E-state index contributed by atoms with van der Waals surface area (Å²) in [6.45, 7) is 3.63. The third-order valence-corrected chi connectivity index (χ3v) is 4.37. The van der Waals surface area contributed by atoms with E-state index in [0.29, 0.717) is 10.9 Å². The highest BCUT2D eigenvalue weighted by atomic mass is 35.5. The standard InChI is InChI=1S/C16H21ClN2O3.ClH/c1-10(12-8-18-9-12)16(21)19-14(7-15(20)22-2)11-3-5-13(17)6-4-11;/h3-6,10,12,14,18H,7-9H2,1-2H3,(H,19,21);1H/t10?,14-;/m0./s1. The summed E-state index contributed by atoms with van der Waals surface area (Å²) in [4.78, 5) is 24.0. The Labute approximate surface area is 147 Å². The van der Waals surface area contributed by atoms with Crippen LogP contribution >= 0.6 is 24.0 Å². The van der Waals surface area contributed by atoms with E-state index in [9.17, 15) is 9.59 Å². The highest BCUT2D eigenvalue weighted by Gasteiger charge is 2.30. The predicted octanol–water partition coefficient (Wildman–Crippen LogP) is 2.34. The normalized spacial score (nSPS) is 16.5. The Morgan fingerprint density at radius 3 is 2.43 bits per heavy atom. The topological polar surface area (TPSA) is 67.4 Å². The lowest BCUT2D eigenvalue weighted by Crippen LogP contribution is -2.50. The van der Waals surface area contributed by atoms with Crippen molar-refractivity contribution in [2.24, 2.45) is 11.8 Å². The Balaban J connectivity index is 0.00000264. The third-order valence-electron chi connectivity index (χ3n) is 4.12. The fourth-order valence-corrected chi connectivity index (χ4v) is 2.51. The molecule has 1 aromatic carbocycles. The molecule has 0 radical (unpaired) electrons. The quantitative estimate of drug-likeness (QED) is 0.764. The van der Waals surface area contributed by atoms with Crippen LogP contribution in [-0.4, -0.2) is 32.1 Å². The zero-order chi connectivity index (χ0) is 16.1. The van der Waals surface area contributed by atoms with Gasteiger partial charge in [-0.1, -0.05) is 30.7 Å². The number of amides is 1. The summed E-state index contributed by atoms with van der Waals surface area (Å²) in [6.07, 6.45) is 0.0967. The molecule has 0 spiro atoms. The lowest BCUT2D eigenvalue weighted by Gasteiger charge is -2.32. The predicted molar refractivity (Wildman–Crippen MR) is 91.7 cm³/mol. The number of ether oxygens (including phenoxy) is 1. The molecule has 1 aliphatic heterocycles. The van der Waals surface area contributed by atoms with Gasteiger partial charge in [-0.15, -0.1) is 12.4 Å². The van der Waals surface area contributed by atoms with Crippen molar-refractivity contribution in [2.75, 3.05) is 20.2 Å². The molecule has 2 rings (SSSR count). The van der Waals surface area contributed by atoms with E-state index in [1.54, 1.807) is 12.1 Å². The molecule has 1 amide bonds. The van der Waals surface area contributed by atoms with Gasteiger partial charge in [0.05, 0.1) is 19.6 Å². The number of esters is 1. The number of methoxy groups -OCH3 is 1. The van der Waals surface area contributed by atoms with Gasteiger partial charge in [0.25, 0.3) is 0 Å². The number of benzene rings is 1. The molecule has 2 atom stereocenters. The number of carbonyl (C=O) groups is 2. The Hall–Kier alpha value is -1.30. The van der Waals surface area contributed by atoms with E-state index in [0.717, 1.165) is 18.7 Å². The first-order valence-corrected chi connectivity index (χ1v) is 7.72. The lowest BCUT2D eigenvalue weighted by molar-refractivity contribution is -0.141. The van der Waals surface area contributed by atoms with Crippen molar-refractivity contribution in [3.8, 4) is 0 Å². The van der Waals surface area contributed by atoms with E-state index in [1.165, 1.54) is 7.11 Å². The van der Waals surface area contributed by atoms with Crippen molar-refractivity contribution in [3.63, 3.8) is 0 Å². The fourth-order valence-electron chi connectivity index (χ4n) is 2.38. The maximum Gasteiger partial charge on any atom is 0.307 e. The third kappa shape index (κ3) is 5.37. The van der Waals surface area contributed by atoms with Gasteiger partial charge in [0, 0.05) is 10.9 Å². The van der Waals surface area contributed by atoms with E-state index < -0.39 is 6.04 Å². The van der Waals surface area contributed by atoms with Crippen LogP contribution in [0.5, 0.6) is 0 Å². The summed E-state index contributed by atoms with van der Waals surface area (Å²) in [5, 5.41) is 6.73. The highest BCUT2D eigenvalue weighted by molar-refractivity contribution is 6.30. The van der Waals surface area contributed by atoms with Crippen LogP contribution in [0.2, 0.25) is 5.02 Å². The van der Waals surface area contributed by atoms with Crippen LogP contribution in [0.25, 0.3) is 0 Å². The van der Waals surface area contributed by atoms with Gasteiger partial charge in [0.15, 0.2) is 0 Å². The molecule has 7 heteroatoms. The summed E-state index contributed by atoms with van der Waals surface area (Å²) < 4.78 is 4.72. The minimum atomic E-state index is -0.410. The molecule has 1 aromatic rings. The van der Waals surface area contributed by atoms with Crippen LogP contribution in [0.4, 0.5) is 0 Å². The van der Waals surface area contributed by atoms with Crippen LogP contribution in [-0.2, 0) is 14.3 Å². The van der Waals surface area contributed by atoms with Gasteiger partial charge in [0.1, 0.15) is 0 Å². The monoisotopic (exact) mass is 360 g/mol. The SMILES string of the molecule is COC(=O)C[C@H](NC(=O)C(C)C1CNC1)c1ccc(Cl)cc1.Cl. The van der Waals surface area contributed by atoms with E-state index in [1.807, 2.05) is 19.1 Å². The van der Waals surface area contributed by atoms with Crippen molar-refractivity contribution >= 4 is 35.9 Å². The summed E-state index contributed by atoms with van der Waals surface area (Å²) in [5.74, 6) is -0.147. The van der Waals surface area contributed by atoms with Gasteiger partial charge in [-0.3, -0.25) is 9.59 Å². The second kappa shape index (κ2) is 9.11. The first kappa shape index (κ1) is 19.7. The number of carbonyl (C=O) groups excluding carboxylic acids is 2. The Bertz CT molecular complexity index is 533. The minimum absolute atomic E-state index is 0. The summed E-state index contributed by atoms with van der Waals surface area (Å²) in [6, 6.07) is 6.70. The highest BCUT2D eigenvalue weighted by Crippen LogP contribution is 2.22. The summed E-state index contributed by atoms with van der Waals surface area (Å²) in [5.41, 5.74) is 0.835. The van der Waals surface area contributed by atoms with Gasteiger partial charge >= 0.3 is 5.97 Å². The van der Waals surface area contributed by atoms with Crippen molar-refractivity contribution in [1.29, 1.82) is 0 Å². The van der Waals surface area contributed by atoms with Crippen molar-refractivity contribution in [1.82, 2.24) is 10.6 Å². The first-order chi connectivity index (χ1) is 10.5. The molecule has 0 aliphatic carbocycles. The largest absolute Gasteiger partial charge is 0.469 e. The first-order valence-electron chi connectivity index (χ1n) is 7.34. The number of hydrogen-bond acceptors (Lipinski definition) is 4. The van der Waals surface area contributed by atoms with Crippen LogP contribution < -0.4 is 10.6 Å². The Kier molecular flexibility index (Phi) is 7.82. The maximum absolute atomic E-state index is 12.4. The molecule has 23 heavy (non-hydrogen) atoms. The van der Waals surface area contributed by atoms with Gasteiger partial charge < -0.3 is 15.4 Å². The van der Waals surface area contributed by atoms with Crippen LogP contribution in [0.3, 0.4) is 0 Å². The Morgan fingerprint density at radius 1 is 1.35 bits per heavy atom. The van der Waals surface area contributed by atoms with Gasteiger partial charge in [-0.2, -0.15) is 0 Å². The van der Waals surface area contributed by atoms with Crippen LogP contribution in [0, 0.1) is 11.8 Å². The molecule has 1 saturated heterocycles. The molecule has 0 aromatic heterocycles. The van der Waals surface area contributed by atoms with Crippen molar-refractivity contribution in [3.05, 3.63) is 34.9 Å². The molecule has 1 heterocycles. The molecular formula is C16H22Cl2N2O3. The maximum atomic E-state index is 12.4. The zero-order valence-corrected chi connectivity index (χ0v) is 14.7.